The van der Waals surface area contributed by atoms with Gasteiger partial charge in [-0.25, -0.2) is 0 Å². The molecule has 21 heavy (non-hydrogen) atoms. The number of anilines is 1. The van der Waals surface area contributed by atoms with E-state index in [2.05, 4.69) is 19.2 Å². The molecule has 0 unspecified atom stereocenters. The average molecular weight is 294 g/mol. The second-order valence-corrected chi connectivity index (χ2v) is 5.62. The summed E-state index contributed by atoms with van der Waals surface area (Å²) in [5.41, 5.74) is 1.49. The van der Waals surface area contributed by atoms with E-state index >= 15 is 0 Å². The van der Waals surface area contributed by atoms with Crippen molar-refractivity contribution in [1.29, 1.82) is 0 Å². The van der Waals surface area contributed by atoms with E-state index in [-0.39, 0.29) is 12.5 Å². The normalized spacial score (nSPS) is 12.1. The van der Waals surface area contributed by atoms with Gasteiger partial charge in [0, 0.05) is 24.8 Å². The lowest BCUT2D eigenvalue weighted by Gasteiger charge is -2.24. The molecule has 0 saturated carbocycles. The Labute approximate surface area is 126 Å². The molecule has 0 aliphatic carbocycles. The molecule has 0 aliphatic heterocycles. The number of nitrogens with one attached hydrogen (secondary N) is 1. The highest BCUT2D eigenvalue weighted by Gasteiger charge is 2.18. The maximum absolute atomic E-state index is 11.9. The van der Waals surface area contributed by atoms with E-state index in [1.807, 2.05) is 24.1 Å². The summed E-state index contributed by atoms with van der Waals surface area (Å²) >= 11 is 0. The smallest absolute Gasteiger partial charge is 0.239 e. The van der Waals surface area contributed by atoms with Crippen LogP contribution in [-0.2, 0) is 4.79 Å². The van der Waals surface area contributed by atoms with Crippen molar-refractivity contribution in [2.75, 3.05) is 32.1 Å². The number of aliphatic hydroxyl groups is 1. The summed E-state index contributed by atoms with van der Waals surface area (Å²) in [5, 5.41) is 12.9. The first-order valence-corrected chi connectivity index (χ1v) is 7.19. The topological polar surface area (TPSA) is 61.8 Å². The van der Waals surface area contributed by atoms with Crippen molar-refractivity contribution in [1.82, 2.24) is 5.32 Å². The number of benzene rings is 1. The standard InChI is InChI=1S/C16H26N2O3/c1-11(2)9-17-15(20)10-18(4)13-7-6-8-14(21-5)16(13)12(3)19/h6-8,11-12,19H,9-10H2,1-5H3,(H,17,20)/t12-/m1/s1. The van der Waals surface area contributed by atoms with E-state index in [0.29, 0.717) is 23.8 Å². The molecule has 0 fully saturated rings. The van der Waals surface area contributed by atoms with Gasteiger partial charge in [0.25, 0.3) is 0 Å². The van der Waals surface area contributed by atoms with Crippen molar-refractivity contribution in [2.45, 2.75) is 26.9 Å². The van der Waals surface area contributed by atoms with Gasteiger partial charge in [-0.2, -0.15) is 0 Å². The zero-order valence-corrected chi connectivity index (χ0v) is 13.5. The average Bonchev–Trinajstić information content (AvgIpc) is 2.43. The molecule has 0 saturated heterocycles. The van der Waals surface area contributed by atoms with Crippen molar-refractivity contribution in [3.8, 4) is 5.75 Å². The molecule has 0 aliphatic rings. The SMILES string of the molecule is COc1cccc(N(C)CC(=O)NCC(C)C)c1[C@@H](C)O. The van der Waals surface area contributed by atoms with Crippen LogP contribution in [0.2, 0.25) is 0 Å². The van der Waals surface area contributed by atoms with E-state index in [0.717, 1.165) is 5.69 Å². The summed E-state index contributed by atoms with van der Waals surface area (Å²) in [5.74, 6) is 1.01. The Balaban J connectivity index is 2.87. The molecule has 0 bridgehead atoms. The zero-order chi connectivity index (χ0) is 16.0. The molecule has 1 aromatic rings. The van der Waals surface area contributed by atoms with Crippen LogP contribution in [0.25, 0.3) is 0 Å². The summed E-state index contributed by atoms with van der Waals surface area (Å²) in [4.78, 5) is 13.7. The molecular formula is C16H26N2O3. The predicted octanol–water partition coefficient (Wildman–Crippen LogP) is 1.96. The zero-order valence-electron chi connectivity index (χ0n) is 13.5. The highest BCUT2D eigenvalue weighted by molar-refractivity contribution is 5.81. The Hall–Kier alpha value is -1.75. The van der Waals surface area contributed by atoms with Crippen LogP contribution >= 0.6 is 0 Å². The van der Waals surface area contributed by atoms with Crippen LogP contribution in [0.3, 0.4) is 0 Å². The molecule has 0 spiro atoms. The first-order valence-electron chi connectivity index (χ1n) is 7.19. The third-order valence-electron chi connectivity index (χ3n) is 3.18. The number of hydrogen-bond donors (Lipinski definition) is 2. The predicted molar refractivity (Wildman–Crippen MR) is 84.7 cm³/mol. The minimum absolute atomic E-state index is 0.0365. The fraction of sp³-hybridized carbons (Fsp3) is 0.562. The number of nitrogens with zero attached hydrogens (tertiary/aromatic N) is 1. The number of carbonyl (C=O) groups is 1. The van der Waals surface area contributed by atoms with E-state index < -0.39 is 6.10 Å². The Morgan fingerprint density at radius 3 is 2.57 bits per heavy atom. The van der Waals surface area contributed by atoms with Crippen LogP contribution in [0.15, 0.2) is 18.2 Å². The Kier molecular flexibility index (Phi) is 6.49. The summed E-state index contributed by atoms with van der Waals surface area (Å²) in [7, 11) is 3.40. The molecule has 2 N–H and O–H groups in total. The lowest BCUT2D eigenvalue weighted by atomic mass is 10.1. The Morgan fingerprint density at radius 2 is 2.05 bits per heavy atom. The molecule has 118 valence electrons. The largest absolute Gasteiger partial charge is 0.496 e. The van der Waals surface area contributed by atoms with E-state index in [1.54, 1.807) is 20.1 Å². The third-order valence-corrected chi connectivity index (χ3v) is 3.18. The van der Waals surface area contributed by atoms with Crippen LogP contribution in [0.4, 0.5) is 5.69 Å². The van der Waals surface area contributed by atoms with Gasteiger partial charge in [0.05, 0.1) is 19.8 Å². The molecule has 1 rings (SSSR count). The van der Waals surface area contributed by atoms with Crippen molar-refractivity contribution >= 4 is 11.6 Å². The first kappa shape index (κ1) is 17.3. The molecule has 0 heterocycles. The maximum Gasteiger partial charge on any atom is 0.239 e. The highest BCUT2D eigenvalue weighted by atomic mass is 16.5. The lowest BCUT2D eigenvalue weighted by Crippen LogP contribution is -2.37. The van der Waals surface area contributed by atoms with Gasteiger partial charge >= 0.3 is 0 Å². The molecule has 1 atom stereocenters. The number of carbonyl (C=O) groups excluding carboxylic acids is 1. The van der Waals surface area contributed by atoms with E-state index in [1.165, 1.54) is 0 Å². The summed E-state index contributed by atoms with van der Waals surface area (Å²) in [6, 6.07) is 5.53. The number of rotatable bonds is 7. The van der Waals surface area contributed by atoms with Crippen molar-refractivity contribution < 1.29 is 14.6 Å². The number of ether oxygens (including phenoxy) is 1. The van der Waals surface area contributed by atoms with Crippen LogP contribution in [0, 0.1) is 5.92 Å². The molecule has 0 radical (unpaired) electrons. The monoisotopic (exact) mass is 294 g/mol. The van der Waals surface area contributed by atoms with Crippen LogP contribution in [-0.4, -0.2) is 38.3 Å². The number of methoxy groups -OCH3 is 1. The van der Waals surface area contributed by atoms with Crippen molar-refractivity contribution in [3.05, 3.63) is 23.8 Å². The van der Waals surface area contributed by atoms with Gasteiger partial charge in [0.1, 0.15) is 5.75 Å². The van der Waals surface area contributed by atoms with Crippen molar-refractivity contribution in [2.24, 2.45) is 5.92 Å². The van der Waals surface area contributed by atoms with Crippen LogP contribution in [0.5, 0.6) is 5.75 Å². The number of likely N-dealkylation sites (N-methyl/N-ethyl adjacent to an activating group) is 1. The van der Waals surface area contributed by atoms with Gasteiger partial charge in [-0.15, -0.1) is 0 Å². The number of amides is 1. The molecular weight excluding hydrogens is 268 g/mol. The quantitative estimate of drug-likeness (QED) is 0.807. The fourth-order valence-electron chi connectivity index (χ4n) is 2.14. The molecule has 0 aromatic heterocycles. The van der Waals surface area contributed by atoms with Crippen molar-refractivity contribution in [3.63, 3.8) is 0 Å². The molecule has 1 amide bonds. The van der Waals surface area contributed by atoms with Gasteiger partial charge in [-0.05, 0) is 25.0 Å². The summed E-state index contributed by atoms with van der Waals surface area (Å²) in [6.07, 6.45) is -0.669. The number of aliphatic hydroxyl groups excluding tert-OH is 1. The van der Waals surface area contributed by atoms with Gasteiger partial charge in [0.2, 0.25) is 5.91 Å². The van der Waals surface area contributed by atoms with Gasteiger partial charge in [0.15, 0.2) is 0 Å². The Morgan fingerprint density at radius 1 is 1.38 bits per heavy atom. The Bertz CT molecular complexity index is 473. The molecule has 5 heteroatoms. The molecule has 5 nitrogen and oxygen atoms in total. The van der Waals surface area contributed by atoms with Crippen LogP contribution < -0.4 is 15.0 Å². The van der Waals surface area contributed by atoms with E-state index in [4.69, 9.17) is 4.74 Å². The second kappa shape index (κ2) is 7.88. The minimum Gasteiger partial charge on any atom is -0.496 e. The maximum atomic E-state index is 11.9. The van der Waals surface area contributed by atoms with Gasteiger partial charge < -0.3 is 20.1 Å². The second-order valence-electron chi connectivity index (χ2n) is 5.62. The van der Waals surface area contributed by atoms with Gasteiger partial charge in [-0.1, -0.05) is 19.9 Å². The van der Waals surface area contributed by atoms with Gasteiger partial charge in [-0.3, -0.25) is 4.79 Å². The summed E-state index contributed by atoms with van der Waals surface area (Å²) < 4.78 is 5.29. The minimum atomic E-state index is -0.669. The lowest BCUT2D eigenvalue weighted by molar-refractivity contribution is -0.119. The van der Waals surface area contributed by atoms with E-state index in [9.17, 15) is 9.90 Å². The fourth-order valence-corrected chi connectivity index (χ4v) is 2.14. The van der Waals surface area contributed by atoms with Crippen LogP contribution in [0.1, 0.15) is 32.4 Å². The first-order chi connectivity index (χ1) is 9.86. The number of hydrogen-bond acceptors (Lipinski definition) is 4. The highest BCUT2D eigenvalue weighted by Crippen LogP contribution is 2.33. The molecule has 1 aromatic carbocycles. The summed E-state index contributed by atoms with van der Waals surface area (Å²) in [6.45, 7) is 6.69. The third kappa shape index (κ3) is 4.93.